The molecule has 1 aliphatic heterocycles. The third-order valence-electron chi connectivity index (χ3n) is 3.20. The van der Waals surface area contributed by atoms with Gasteiger partial charge in [0.2, 0.25) is 0 Å². The van der Waals surface area contributed by atoms with E-state index in [0.717, 1.165) is 16.7 Å². The number of benzene rings is 1. The minimum absolute atomic E-state index is 0.0984. The van der Waals surface area contributed by atoms with Crippen LogP contribution in [-0.2, 0) is 14.3 Å². The second kappa shape index (κ2) is 7.48. The molecule has 1 heterocycles. The van der Waals surface area contributed by atoms with Gasteiger partial charge in [-0.3, -0.25) is 14.5 Å². The van der Waals surface area contributed by atoms with Gasteiger partial charge in [-0.05, 0) is 54.2 Å². The smallest absolute Gasteiger partial charge is 0.308 e. The van der Waals surface area contributed by atoms with Crippen molar-refractivity contribution in [1.29, 1.82) is 0 Å². The molecule has 1 amide bonds. The number of aryl methyl sites for hydroxylation is 2. The second-order valence-electron chi connectivity index (χ2n) is 5.18. The second-order valence-corrected chi connectivity index (χ2v) is 6.13. The Morgan fingerprint density at radius 3 is 2.52 bits per heavy atom. The number of nitrogens with zero attached hydrogens (tertiary/aromatic N) is 1. The molecule has 23 heavy (non-hydrogen) atoms. The highest BCUT2D eigenvalue weighted by molar-refractivity contribution is 8.06. The lowest BCUT2D eigenvalue weighted by Gasteiger charge is -2.21. The number of amides is 1. The fourth-order valence-electron chi connectivity index (χ4n) is 2.30. The summed E-state index contributed by atoms with van der Waals surface area (Å²) in [6, 6.07) is 3.79. The summed E-state index contributed by atoms with van der Waals surface area (Å²) in [6.07, 6.45) is 3.53. The predicted molar refractivity (Wildman–Crippen MR) is 90.7 cm³/mol. The minimum atomic E-state index is -0.347. The van der Waals surface area contributed by atoms with E-state index in [1.807, 2.05) is 37.5 Å². The summed E-state index contributed by atoms with van der Waals surface area (Å²) >= 11 is 1.37. The van der Waals surface area contributed by atoms with E-state index in [1.165, 1.54) is 23.6 Å². The van der Waals surface area contributed by atoms with Crippen LogP contribution in [-0.4, -0.2) is 30.6 Å². The van der Waals surface area contributed by atoms with E-state index in [-0.39, 0.29) is 18.6 Å². The lowest BCUT2D eigenvalue weighted by atomic mass is 10.1. The molecule has 122 valence electrons. The zero-order chi connectivity index (χ0) is 17.0. The van der Waals surface area contributed by atoms with Crippen molar-refractivity contribution in [2.45, 2.75) is 20.8 Å². The largest absolute Gasteiger partial charge is 0.426 e. The van der Waals surface area contributed by atoms with Crippen molar-refractivity contribution < 1.29 is 19.1 Å². The van der Waals surface area contributed by atoms with Gasteiger partial charge in [0, 0.05) is 20.2 Å². The lowest BCUT2D eigenvalue weighted by Crippen LogP contribution is -2.29. The van der Waals surface area contributed by atoms with Gasteiger partial charge in [-0.2, -0.15) is 0 Å². The van der Waals surface area contributed by atoms with Crippen LogP contribution in [0.1, 0.15) is 23.6 Å². The first-order valence-electron chi connectivity index (χ1n) is 7.07. The molecule has 0 radical (unpaired) electrons. The maximum absolute atomic E-state index is 12.3. The Morgan fingerprint density at radius 1 is 1.30 bits per heavy atom. The van der Waals surface area contributed by atoms with Crippen LogP contribution in [0.15, 0.2) is 28.6 Å². The quantitative estimate of drug-likeness (QED) is 0.481. The number of carbonyl (C=O) groups is 2. The van der Waals surface area contributed by atoms with Gasteiger partial charge in [0.15, 0.2) is 0 Å². The van der Waals surface area contributed by atoms with Crippen molar-refractivity contribution in [3.05, 3.63) is 45.3 Å². The van der Waals surface area contributed by atoms with Gasteiger partial charge in [0.05, 0.1) is 4.91 Å². The molecule has 0 bridgehead atoms. The highest BCUT2D eigenvalue weighted by Crippen LogP contribution is 2.30. The molecule has 0 unspecified atom stereocenters. The van der Waals surface area contributed by atoms with Crippen molar-refractivity contribution in [2.75, 3.05) is 13.8 Å². The third kappa shape index (κ3) is 4.24. The first kappa shape index (κ1) is 17.3. The summed E-state index contributed by atoms with van der Waals surface area (Å²) < 4.78 is 10.2. The average Bonchev–Trinajstić information content (AvgIpc) is 2.47. The van der Waals surface area contributed by atoms with Crippen LogP contribution in [0.2, 0.25) is 0 Å². The molecule has 5 nitrogen and oxygen atoms in total. The lowest BCUT2D eigenvalue weighted by molar-refractivity contribution is -0.132. The molecular weight excluding hydrogens is 314 g/mol. The van der Waals surface area contributed by atoms with Crippen LogP contribution in [0.25, 0.3) is 6.08 Å². The van der Waals surface area contributed by atoms with E-state index in [9.17, 15) is 9.59 Å². The molecule has 0 atom stereocenters. The van der Waals surface area contributed by atoms with Crippen LogP contribution < -0.4 is 4.74 Å². The van der Waals surface area contributed by atoms with Crippen molar-refractivity contribution in [2.24, 2.45) is 0 Å². The predicted octanol–water partition coefficient (Wildman–Crippen LogP) is 3.22. The van der Waals surface area contributed by atoms with Crippen molar-refractivity contribution >= 4 is 29.7 Å². The molecule has 0 N–H and O–H groups in total. The van der Waals surface area contributed by atoms with Gasteiger partial charge in [-0.1, -0.05) is 11.8 Å². The molecular formula is C17H19NO4S. The van der Waals surface area contributed by atoms with Gasteiger partial charge < -0.3 is 9.47 Å². The van der Waals surface area contributed by atoms with Crippen molar-refractivity contribution in [3.63, 3.8) is 0 Å². The van der Waals surface area contributed by atoms with Crippen LogP contribution in [0.5, 0.6) is 5.75 Å². The van der Waals surface area contributed by atoms with Gasteiger partial charge >= 0.3 is 5.97 Å². The Kier molecular flexibility index (Phi) is 5.63. The molecule has 1 aliphatic rings. The SMILES string of the molecule is COCN1C=CS/C(=C\c2cc(C)c(OC(C)=O)c(C)c2)C1=O. The zero-order valence-electron chi connectivity index (χ0n) is 13.6. The summed E-state index contributed by atoms with van der Waals surface area (Å²) in [6.45, 7) is 5.35. The molecule has 0 aromatic heterocycles. The third-order valence-corrected chi connectivity index (χ3v) is 4.01. The number of hydrogen-bond acceptors (Lipinski definition) is 5. The summed E-state index contributed by atoms with van der Waals surface area (Å²) in [4.78, 5) is 25.6. The van der Waals surface area contributed by atoms with Crippen LogP contribution >= 0.6 is 11.8 Å². The first-order chi connectivity index (χ1) is 10.9. The first-order valence-corrected chi connectivity index (χ1v) is 7.95. The van der Waals surface area contributed by atoms with Gasteiger partial charge in [0.1, 0.15) is 12.5 Å². The Labute approximate surface area is 139 Å². The monoisotopic (exact) mass is 333 g/mol. The van der Waals surface area contributed by atoms with E-state index in [0.29, 0.717) is 10.7 Å². The van der Waals surface area contributed by atoms with Gasteiger partial charge in [-0.15, -0.1) is 0 Å². The number of methoxy groups -OCH3 is 1. The summed E-state index contributed by atoms with van der Waals surface area (Å²) in [5.41, 5.74) is 2.59. The number of rotatable bonds is 4. The van der Waals surface area contributed by atoms with Crippen LogP contribution in [0, 0.1) is 13.8 Å². The Morgan fingerprint density at radius 2 is 1.96 bits per heavy atom. The number of ether oxygens (including phenoxy) is 2. The number of carbonyl (C=O) groups excluding carboxylic acids is 2. The topological polar surface area (TPSA) is 55.8 Å². The Bertz CT molecular complexity index is 671. The molecule has 6 heteroatoms. The molecule has 0 saturated heterocycles. The summed E-state index contributed by atoms with van der Waals surface area (Å²) in [5.74, 6) is 0.127. The molecule has 0 aliphatic carbocycles. The molecule has 0 fully saturated rings. The Balaban J connectivity index is 2.31. The minimum Gasteiger partial charge on any atom is -0.426 e. The zero-order valence-corrected chi connectivity index (χ0v) is 14.4. The van der Waals surface area contributed by atoms with Crippen molar-refractivity contribution in [1.82, 2.24) is 4.90 Å². The average molecular weight is 333 g/mol. The molecule has 1 aromatic carbocycles. The normalized spacial score (nSPS) is 16.1. The molecule has 0 saturated carbocycles. The molecule has 1 aromatic rings. The van der Waals surface area contributed by atoms with E-state index >= 15 is 0 Å². The fraction of sp³-hybridized carbons (Fsp3) is 0.294. The number of esters is 1. The summed E-state index contributed by atoms with van der Waals surface area (Å²) in [7, 11) is 1.55. The van der Waals surface area contributed by atoms with Gasteiger partial charge in [-0.25, -0.2) is 0 Å². The van der Waals surface area contributed by atoms with Gasteiger partial charge in [0.25, 0.3) is 5.91 Å². The van der Waals surface area contributed by atoms with Crippen LogP contribution in [0.3, 0.4) is 0 Å². The molecule has 0 spiro atoms. The Hall–Kier alpha value is -2.05. The fourth-order valence-corrected chi connectivity index (χ4v) is 3.07. The highest BCUT2D eigenvalue weighted by atomic mass is 32.2. The number of thioether (sulfide) groups is 1. The van der Waals surface area contributed by atoms with E-state index in [1.54, 1.807) is 13.3 Å². The van der Waals surface area contributed by atoms with E-state index in [4.69, 9.17) is 9.47 Å². The van der Waals surface area contributed by atoms with Crippen LogP contribution in [0.4, 0.5) is 0 Å². The molecule has 2 rings (SSSR count). The highest BCUT2D eigenvalue weighted by Gasteiger charge is 2.20. The summed E-state index contributed by atoms with van der Waals surface area (Å²) in [5, 5.41) is 1.85. The van der Waals surface area contributed by atoms with Crippen molar-refractivity contribution in [3.8, 4) is 5.75 Å². The number of hydrogen-bond donors (Lipinski definition) is 0. The van der Waals surface area contributed by atoms with E-state index < -0.39 is 0 Å². The van der Waals surface area contributed by atoms with E-state index in [2.05, 4.69) is 0 Å². The maximum atomic E-state index is 12.3. The standard InChI is InChI=1S/C17H19NO4S/c1-11-7-14(8-12(2)16(11)22-13(3)19)9-15-17(20)18(10-21-4)5-6-23-15/h5-9H,10H2,1-4H3/b15-9-. The maximum Gasteiger partial charge on any atom is 0.308 e.